The van der Waals surface area contributed by atoms with E-state index < -0.39 is 0 Å². The Morgan fingerprint density at radius 1 is 1.29 bits per heavy atom. The number of piperidine rings is 1. The first-order valence-corrected chi connectivity index (χ1v) is 10.6. The molecule has 4 rings (SSSR count). The summed E-state index contributed by atoms with van der Waals surface area (Å²) in [6.07, 6.45) is 11.9. The molecule has 7 nitrogen and oxygen atoms in total. The Bertz CT molecular complexity index is 789. The quantitative estimate of drug-likeness (QED) is 0.794. The largest absolute Gasteiger partial charge is 0.383 e. The fourth-order valence-corrected chi connectivity index (χ4v) is 4.59. The van der Waals surface area contributed by atoms with Crippen molar-refractivity contribution >= 4 is 5.91 Å². The van der Waals surface area contributed by atoms with E-state index in [0.717, 1.165) is 63.3 Å². The average Bonchev–Trinajstić information content (AvgIpc) is 3.37. The predicted octanol–water partition coefficient (Wildman–Crippen LogP) is 2.47. The van der Waals surface area contributed by atoms with Crippen LogP contribution in [0.3, 0.4) is 0 Å². The van der Waals surface area contributed by atoms with Gasteiger partial charge in [0.15, 0.2) is 0 Å². The maximum Gasteiger partial charge on any atom is 0.222 e. The number of ether oxygens (including phenoxy) is 1. The molecule has 1 amide bonds. The third kappa shape index (κ3) is 4.14. The summed E-state index contributed by atoms with van der Waals surface area (Å²) in [5, 5.41) is 7.66. The zero-order chi connectivity index (χ0) is 19.3. The molecule has 0 atom stereocenters. The van der Waals surface area contributed by atoms with Crippen LogP contribution in [0.1, 0.15) is 60.8 Å². The first kappa shape index (κ1) is 19.2. The Hall–Kier alpha value is -2.15. The zero-order valence-corrected chi connectivity index (χ0v) is 16.8. The van der Waals surface area contributed by atoms with Crippen LogP contribution in [0.25, 0.3) is 0 Å². The maximum atomic E-state index is 12.7. The van der Waals surface area contributed by atoms with Gasteiger partial charge >= 0.3 is 0 Å². The predicted molar refractivity (Wildman–Crippen MR) is 106 cm³/mol. The molecular weight excluding hydrogens is 354 g/mol. The molecule has 2 aromatic heterocycles. The molecule has 28 heavy (non-hydrogen) atoms. The van der Waals surface area contributed by atoms with Crippen LogP contribution in [0.4, 0.5) is 0 Å². The highest BCUT2D eigenvalue weighted by atomic mass is 16.5. The van der Waals surface area contributed by atoms with E-state index in [2.05, 4.69) is 19.7 Å². The number of hydrogen-bond acceptors (Lipinski definition) is 4. The van der Waals surface area contributed by atoms with Gasteiger partial charge in [0.1, 0.15) is 5.82 Å². The average molecular weight is 386 g/mol. The number of H-pyrrole nitrogens is 1. The number of hydrogen-bond donors (Lipinski definition) is 1. The van der Waals surface area contributed by atoms with Crippen LogP contribution in [0.2, 0.25) is 0 Å². The maximum absolute atomic E-state index is 12.7. The second-order valence-corrected chi connectivity index (χ2v) is 7.96. The van der Waals surface area contributed by atoms with Crippen molar-refractivity contribution in [1.82, 2.24) is 24.6 Å². The van der Waals surface area contributed by atoms with E-state index in [1.165, 1.54) is 24.1 Å². The smallest absolute Gasteiger partial charge is 0.222 e. The van der Waals surface area contributed by atoms with Crippen molar-refractivity contribution in [2.24, 2.45) is 0 Å². The Kier molecular flexibility index (Phi) is 6.10. The number of fused-ring (bicyclic) bond motifs is 1. The third-order valence-corrected chi connectivity index (χ3v) is 6.21. The zero-order valence-electron chi connectivity index (χ0n) is 16.8. The first-order chi connectivity index (χ1) is 13.8. The van der Waals surface area contributed by atoms with Gasteiger partial charge in [-0.25, -0.2) is 4.98 Å². The molecule has 0 bridgehead atoms. The summed E-state index contributed by atoms with van der Waals surface area (Å²) in [6, 6.07) is 0. The monoisotopic (exact) mass is 385 g/mol. The van der Waals surface area contributed by atoms with E-state index >= 15 is 0 Å². The Morgan fingerprint density at radius 3 is 2.93 bits per heavy atom. The highest BCUT2D eigenvalue weighted by molar-refractivity contribution is 5.76. The summed E-state index contributed by atoms with van der Waals surface area (Å²) in [7, 11) is 1.72. The summed E-state index contributed by atoms with van der Waals surface area (Å²) in [5.41, 5.74) is 3.78. The number of methoxy groups -OCH3 is 1. The SMILES string of the molecule is COCCn1ccnc1C1CCN(C(=O)CCc2n[nH]c3c2CCCC3)CC1. The highest BCUT2D eigenvalue weighted by Crippen LogP contribution is 2.28. The van der Waals surface area contributed by atoms with E-state index in [1.807, 2.05) is 17.3 Å². The van der Waals surface area contributed by atoms with Gasteiger partial charge in [-0.05, 0) is 44.1 Å². The van der Waals surface area contributed by atoms with Crippen LogP contribution in [-0.4, -0.2) is 57.4 Å². The van der Waals surface area contributed by atoms with Gasteiger partial charge in [-0.3, -0.25) is 9.89 Å². The van der Waals surface area contributed by atoms with Gasteiger partial charge in [-0.2, -0.15) is 5.10 Å². The molecule has 3 heterocycles. The number of amides is 1. The van der Waals surface area contributed by atoms with Crippen molar-refractivity contribution < 1.29 is 9.53 Å². The minimum atomic E-state index is 0.258. The summed E-state index contributed by atoms with van der Waals surface area (Å²) >= 11 is 0. The molecule has 2 aromatic rings. The minimum absolute atomic E-state index is 0.258. The molecule has 152 valence electrons. The van der Waals surface area contributed by atoms with Crippen LogP contribution in [-0.2, 0) is 35.3 Å². The van der Waals surface area contributed by atoms with E-state index in [1.54, 1.807) is 7.11 Å². The number of imidazole rings is 1. The lowest BCUT2D eigenvalue weighted by Gasteiger charge is -2.32. The number of nitrogens with zero attached hydrogens (tertiary/aromatic N) is 4. The van der Waals surface area contributed by atoms with Gasteiger partial charge in [0.25, 0.3) is 0 Å². The van der Waals surface area contributed by atoms with Crippen molar-refractivity contribution in [1.29, 1.82) is 0 Å². The molecule has 0 unspecified atom stereocenters. The van der Waals surface area contributed by atoms with Crippen LogP contribution >= 0.6 is 0 Å². The molecule has 7 heteroatoms. The van der Waals surface area contributed by atoms with Crippen LogP contribution in [0.15, 0.2) is 12.4 Å². The number of aromatic amines is 1. The first-order valence-electron chi connectivity index (χ1n) is 10.6. The van der Waals surface area contributed by atoms with Crippen molar-refractivity contribution in [3.8, 4) is 0 Å². The summed E-state index contributed by atoms with van der Waals surface area (Å²) < 4.78 is 7.38. The molecule has 1 aliphatic heterocycles. The van der Waals surface area contributed by atoms with Gasteiger partial charge in [0.2, 0.25) is 5.91 Å². The standard InChI is InChI=1S/C21H31N5O2/c1-28-15-14-26-13-10-22-21(26)16-8-11-25(12-9-16)20(27)7-6-19-17-4-2-3-5-18(17)23-24-19/h10,13,16H,2-9,11-12,14-15H2,1H3,(H,23,24). The van der Waals surface area contributed by atoms with Crippen molar-refractivity contribution in [2.75, 3.05) is 26.8 Å². The number of nitrogens with one attached hydrogen (secondary N) is 1. The number of carbonyl (C=O) groups is 1. The lowest BCUT2D eigenvalue weighted by Crippen LogP contribution is -2.38. The van der Waals surface area contributed by atoms with Crippen molar-refractivity contribution in [2.45, 2.75) is 63.8 Å². The van der Waals surface area contributed by atoms with Crippen LogP contribution in [0, 0.1) is 0 Å². The molecular formula is C21H31N5O2. The number of likely N-dealkylation sites (tertiary alicyclic amines) is 1. The number of rotatable bonds is 7. The van der Waals surface area contributed by atoms with E-state index in [0.29, 0.717) is 18.9 Å². The van der Waals surface area contributed by atoms with Crippen LogP contribution < -0.4 is 0 Å². The fraction of sp³-hybridized carbons (Fsp3) is 0.667. The Morgan fingerprint density at radius 2 is 2.11 bits per heavy atom. The van der Waals surface area contributed by atoms with E-state index in [4.69, 9.17) is 4.74 Å². The van der Waals surface area contributed by atoms with Gasteiger partial charge in [0, 0.05) is 63.6 Å². The van der Waals surface area contributed by atoms with Gasteiger partial charge in [0.05, 0.1) is 12.3 Å². The summed E-state index contributed by atoms with van der Waals surface area (Å²) in [6.45, 7) is 3.16. The molecule has 1 fully saturated rings. The van der Waals surface area contributed by atoms with Crippen LogP contribution in [0.5, 0.6) is 0 Å². The molecule has 1 saturated heterocycles. The second-order valence-electron chi connectivity index (χ2n) is 7.96. The molecule has 0 radical (unpaired) electrons. The fourth-order valence-electron chi connectivity index (χ4n) is 4.59. The normalized spacial score (nSPS) is 17.7. The minimum Gasteiger partial charge on any atom is -0.383 e. The highest BCUT2D eigenvalue weighted by Gasteiger charge is 2.26. The van der Waals surface area contributed by atoms with E-state index in [9.17, 15) is 4.79 Å². The molecule has 0 saturated carbocycles. The molecule has 2 aliphatic rings. The van der Waals surface area contributed by atoms with Gasteiger partial charge in [-0.15, -0.1) is 0 Å². The second kappa shape index (κ2) is 8.90. The number of aromatic nitrogens is 4. The molecule has 0 spiro atoms. The Balaban J connectivity index is 1.27. The molecule has 1 N–H and O–H groups in total. The van der Waals surface area contributed by atoms with Crippen molar-refractivity contribution in [3.05, 3.63) is 35.2 Å². The molecule has 1 aliphatic carbocycles. The van der Waals surface area contributed by atoms with E-state index in [-0.39, 0.29) is 5.91 Å². The van der Waals surface area contributed by atoms with Gasteiger partial charge < -0.3 is 14.2 Å². The third-order valence-electron chi connectivity index (χ3n) is 6.21. The molecule has 0 aromatic carbocycles. The van der Waals surface area contributed by atoms with Gasteiger partial charge in [-0.1, -0.05) is 0 Å². The lowest BCUT2D eigenvalue weighted by atomic mass is 9.94. The number of carbonyl (C=O) groups excluding carboxylic acids is 1. The lowest BCUT2D eigenvalue weighted by molar-refractivity contribution is -0.132. The number of aryl methyl sites for hydroxylation is 2. The summed E-state index contributed by atoms with van der Waals surface area (Å²) in [5.74, 6) is 1.82. The topological polar surface area (TPSA) is 76.0 Å². The Labute approximate surface area is 166 Å². The summed E-state index contributed by atoms with van der Waals surface area (Å²) in [4.78, 5) is 19.3. The van der Waals surface area contributed by atoms with Crippen molar-refractivity contribution in [3.63, 3.8) is 0 Å².